The van der Waals surface area contributed by atoms with Crippen molar-refractivity contribution in [2.75, 3.05) is 13.7 Å². The van der Waals surface area contributed by atoms with Gasteiger partial charge in [0, 0.05) is 19.6 Å². The van der Waals surface area contributed by atoms with Gasteiger partial charge in [-0.15, -0.1) is 0 Å². The number of furan rings is 1. The van der Waals surface area contributed by atoms with Gasteiger partial charge in [0.25, 0.3) is 0 Å². The van der Waals surface area contributed by atoms with E-state index in [1.165, 1.54) is 7.11 Å². The SMILES string of the molecule is COCC(NC(=O)NC(C)Cc1ccco1)C(=O)O. The first-order valence-electron chi connectivity index (χ1n) is 5.84. The summed E-state index contributed by atoms with van der Waals surface area (Å²) >= 11 is 0. The minimum Gasteiger partial charge on any atom is -0.480 e. The highest BCUT2D eigenvalue weighted by molar-refractivity contribution is 5.82. The lowest BCUT2D eigenvalue weighted by Gasteiger charge is -2.17. The predicted octanol–water partition coefficient (Wildman–Crippen LogP) is 0.609. The number of urea groups is 1. The highest BCUT2D eigenvalue weighted by Gasteiger charge is 2.20. The Bertz CT molecular complexity index is 404. The van der Waals surface area contributed by atoms with Crippen LogP contribution in [0.5, 0.6) is 0 Å². The number of aliphatic carboxylic acids is 1. The van der Waals surface area contributed by atoms with E-state index in [2.05, 4.69) is 10.6 Å². The third-order valence-electron chi connectivity index (χ3n) is 2.40. The maximum absolute atomic E-state index is 11.6. The van der Waals surface area contributed by atoms with Crippen molar-refractivity contribution in [2.45, 2.75) is 25.4 Å². The fourth-order valence-corrected chi connectivity index (χ4v) is 1.55. The second kappa shape index (κ2) is 7.42. The zero-order valence-electron chi connectivity index (χ0n) is 10.9. The summed E-state index contributed by atoms with van der Waals surface area (Å²) in [4.78, 5) is 22.4. The normalized spacial score (nSPS) is 13.6. The van der Waals surface area contributed by atoms with E-state index >= 15 is 0 Å². The Balaban J connectivity index is 2.38. The number of carbonyl (C=O) groups excluding carboxylic acids is 1. The highest BCUT2D eigenvalue weighted by Crippen LogP contribution is 2.03. The Labute approximate surface area is 110 Å². The number of carboxylic acid groups (broad SMARTS) is 1. The summed E-state index contributed by atoms with van der Waals surface area (Å²) in [6.45, 7) is 1.71. The quantitative estimate of drug-likeness (QED) is 0.674. The molecule has 1 aromatic heterocycles. The first kappa shape index (κ1) is 15.0. The van der Waals surface area contributed by atoms with Crippen LogP contribution in [0.4, 0.5) is 4.79 Å². The zero-order valence-corrected chi connectivity index (χ0v) is 10.9. The van der Waals surface area contributed by atoms with E-state index in [4.69, 9.17) is 14.3 Å². The van der Waals surface area contributed by atoms with Gasteiger partial charge < -0.3 is 24.9 Å². The molecule has 1 heterocycles. The Morgan fingerprint density at radius 3 is 2.74 bits per heavy atom. The average Bonchev–Trinajstić information content (AvgIpc) is 2.80. The van der Waals surface area contributed by atoms with Gasteiger partial charge in [-0.1, -0.05) is 0 Å². The number of amides is 2. The molecule has 0 spiro atoms. The van der Waals surface area contributed by atoms with Gasteiger partial charge in [-0.3, -0.25) is 0 Å². The van der Waals surface area contributed by atoms with E-state index in [9.17, 15) is 9.59 Å². The number of carbonyl (C=O) groups is 2. The molecule has 0 aliphatic heterocycles. The number of ether oxygens (including phenoxy) is 1. The molecule has 3 N–H and O–H groups in total. The Hall–Kier alpha value is -2.02. The maximum Gasteiger partial charge on any atom is 0.328 e. The van der Waals surface area contributed by atoms with Crippen LogP contribution >= 0.6 is 0 Å². The Morgan fingerprint density at radius 2 is 2.21 bits per heavy atom. The summed E-state index contributed by atoms with van der Waals surface area (Å²) in [5.74, 6) is -0.393. The molecule has 2 unspecified atom stereocenters. The van der Waals surface area contributed by atoms with Crippen LogP contribution in [0.25, 0.3) is 0 Å². The Morgan fingerprint density at radius 1 is 1.47 bits per heavy atom. The van der Waals surface area contributed by atoms with Gasteiger partial charge >= 0.3 is 12.0 Å². The molecule has 0 saturated heterocycles. The van der Waals surface area contributed by atoms with Crippen molar-refractivity contribution in [1.82, 2.24) is 10.6 Å². The summed E-state index contributed by atoms with van der Waals surface area (Å²) in [6, 6.07) is 1.77. The van der Waals surface area contributed by atoms with E-state index in [1.54, 1.807) is 25.3 Å². The number of rotatable bonds is 7. The number of nitrogens with one attached hydrogen (secondary N) is 2. The van der Waals surface area contributed by atoms with Crippen molar-refractivity contribution >= 4 is 12.0 Å². The molecule has 0 aromatic carbocycles. The van der Waals surface area contributed by atoms with E-state index < -0.39 is 18.0 Å². The molecular formula is C12H18N2O5. The van der Waals surface area contributed by atoms with Crippen LogP contribution in [0.2, 0.25) is 0 Å². The minimum absolute atomic E-state index is 0.0880. The molecule has 7 heteroatoms. The first-order valence-corrected chi connectivity index (χ1v) is 5.84. The van der Waals surface area contributed by atoms with Gasteiger partial charge in [0.05, 0.1) is 12.9 Å². The molecule has 1 aromatic rings. The zero-order chi connectivity index (χ0) is 14.3. The summed E-state index contributed by atoms with van der Waals surface area (Å²) in [6.07, 6.45) is 2.09. The van der Waals surface area contributed by atoms with Gasteiger partial charge in [0.15, 0.2) is 6.04 Å². The monoisotopic (exact) mass is 270 g/mol. The highest BCUT2D eigenvalue weighted by atomic mass is 16.5. The number of hydrogen-bond donors (Lipinski definition) is 3. The van der Waals surface area contributed by atoms with Crippen molar-refractivity contribution in [2.24, 2.45) is 0 Å². The average molecular weight is 270 g/mol. The second-order valence-electron chi connectivity index (χ2n) is 4.15. The van der Waals surface area contributed by atoms with Crippen LogP contribution in [0.1, 0.15) is 12.7 Å². The van der Waals surface area contributed by atoms with Gasteiger partial charge in [-0.25, -0.2) is 9.59 Å². The molecule has 0 aliphatic carbocycles. The molecule has 0 bridgehead atoms. The van der Waals surface area contributed by atoms with Crippen LogP contribution in [0.3, 0.4) is 0 Å². The first-order chi connectivity index (χ1) is 9.02. The van der Waals surface area contributed by atoms with Crippen molar-refractivity contribution < 1.29 is 23.8 Å². The molecule has 2 amide bonds. The smallest absolute Gasteiger partial charge is 0.328 e. The van der Waals surface area contributed by atoms with E-state index in [0.29, 0.717) is 6.42 Å². The third kappa shape index (κ3) is 5.43. The number of hydrogen-bond acceptors (Lipinski definition) is 4. The largest absolute Gasteiger partial charge is 0.480 e. The second-order valence-corrected chi connectivity index (χ2v) is 4.15. The fourth-order valence-electron chi connectivity index (χ4n) is 1.55. The van der Waals surface area contributed by atoms with Crippen LogP contribution in [0.15, 0.2) is 22.8 Å². The predicted molar refractivity (Wildman–Crippen MR) is 66.8 cm³/mol. The van der Waals surface area contributed by atoms with Crippen LogP contribution in [-0.4, -0.2) is 42.9 Å². The molecule has 0 radical (unpaired) electrons. The van der Waals surface area contributed by atoms with Gasteiger partial charge in [0.1, 0.15) is 5.76 Å². The molecule has 19 heavy (non-hydrogen) atoms. The number of carboxylic acids is 1. The molecular weight excluding hydrogens is 252 g/mol. The van der Waals surface area contributed by atoms with Crippen LogP contribution in [-0.2, 0) is 16.0 Å². The van der Waals surface area contributed by atoms with Gasteiger partial charge in [-0.2, -0.15) is 0 Å². The summed E-state index contributed by atoms with van der Waals surface area (Å²) < 4.78 is 9.88. The molecule has 1 rings (SSSR count). The molecule has 2 atom stereocenters. The van der Waals surface area contributed by atoms with Gasteiger partial charge in [-0.05, 0) is 19.1 Å². The van der Waals surface area contributed by atoms with E-state index in [0.717, 1.165) is 5.76 Å². The minimum atomic E-state index is -1.14. The van der Waals surface area contributed by atoms with Crippen molar-refractivity contribution in [3.05, 3.63) is 24.2 Å². The summed E-state index contributed by atoms with van der Waals surface area (Å²) in [5, 5.41) is 13.8. The fraction of sp³-hybridized carbons (Fsp3) is 0.500. The van der Waals surface area contributed by atoms with Crippen molar-refractivity contribution in [3.63, 3.8) is 0 Å². The molecule has 7 nitrogen and oxygen atoms in total. The van der Waals surface area contributed by atoms with Crippen molar-refractivity contribution in [3.8, 4) is 0 Å². The molecule has 106 valence electrons. The lowest BCUT2D eigenvalue weighted by Crippen LogP contribution is -2.50. The molecule has 0 saturated carbocycles. The van der Waals surface area contributed by atoms with E-state index in [-0.39, 0.29) is 12.6 Å². The van der Waals surface area contributed by atoms with Crippen LogP contribution < -0.4 is 10.6 Å². The standard InChI is InChI=1S/C12H18N2O5/c1-8(6-9-4-3-5-19-9)13-12(17)14-10(7-18-2)11(15)16/h3-5,8,10H,6-7H2,1-2H3,(H,15,16)(H2,13,14,17). The molecule has 0 aliphatic rings. The Kier molecular flexibility index (Phi) is 5.87. The third-order valence-corrected chi connectivity index (χ3v) is 2.40. The lowest BCUT2D eigenvalue weighted by molar-refractivity contribution is -0.140. The summed E-state index contributed by atoms with van der Waals surface area (Å²) in [7, 11) is 1.37. The molecule has 0 fully saturated rings. The summed E-state index contributed by atoms with van der Waals surface area (Å²) in [5.41, 5.74) is 0. The van der Waals surface area contributed by atoms with Crippen LogP contribution in [0, 0.1) is 0 Å². The van der Waals surface area contributed by atoms with E-state index in [1.807, 2.05) is 0 Å². The maximum atomic E-state index is 11.6. The van der Waals surface area contributed by atoms with Crippen molar-refractivity contribution in [1.29, 1.82) is 0 Å². The topological polar surface area (TPSA) is 101 Å². The lowest BCUT2D eigenvalue weighted by atomic mass is 10.2. The number of methoxy groups -OCH3 is 1. The van der Waals surface area contributed by atoms with Gasteiger partial charge in [0.2, 0.25) is 0 Å².